The molecule has 6 aromatic rings. The number of halogens is 6. The molecule has 0 aromatic heterocycles. The fourth-order valence-corrected chi connectivity index (χ4v) is 15.9. The number of anilines is 2. The molecule has 22 nitrogen and oxygen atoms in total. The molecule has 0 aliphatic rings. The van der Waals surface area contributed by atoms with Gasteiger partial charge in [-0.3, -0.25) is 28.8 Å². The van der Waals surface area contributed by atoms with Crippen LogP contribution in [0.4, 0.5) is 11.4 Å². The van der Waals surface area contributed by atoms with Crippen molar-refractivity contribution in [2.45, 2.75) is 285 Å². The molecule has 0 saturated heterocycles. The molecule has 6 aromatic carbocycles. The highest BCUT2D eigenvalue weighted by molar-refractivity contribution is 9.09. The van der Waals surface area contributed by atoms with Gasteiger partial charge in [0.1, 0.15) is 105 Å². The summed E-state index contributed by atoms with van der Waals surface area (Å²) in [5.74, 6) is 3.80. The molecule has 0 aliphatic heterocycles. The zero-order valence-electron chi connectivity index (χ0n) is 83.4. The number of carbonyl (C=O) groups excluding carboxylic acids is 6. The van der Waals surface area contributed by atoms with E-state index in [-0.39, 0.29) is 68.8 Å². The first-order valence-corrected chi connectivity index (χ1v) is 58.9. The molecular formula is C98H152Br2Cl4N2O20Si4. The number of ketones is 4. The number of ether oxygens (including phenoxy) is 9. The highest BCUT2D eigenvalue weighted by Crippen LogP contribution is 2.42. The topological polar surface area (TPSA) is 281 Å². The van der Waals surface area contributed by atoms with E-state index >= 15 is 0 Å². The predicted molar refractivity (Wildman–Crippen MR) is 550 cm³/mol. The van der Waals surface area contributed by atoms with Gasteiger partial charge < -0.3 is 76.5 Å². The van der Waals surface area contributed by atoms with E-state index in [4.69, 9.17) is 112 Å². The van der Waals surface area contributed by atoms with Gasteiger partial charge in [-0.25, -0.2) is 0 Å². The van der Waals surface area contributed by atoms with Crippen molar-refractivity contribution in [1.29, 1.82) is 0 Å². The summed E-state index contributed by atoms with van der Waals surface area (Å²) < 4.78 is 74.6. The van der Waals surface area contributed by atoms with Crippen LogP contribution in [0.25, 0.3) is 0 Å². The summed E-state index contributed by atoms with van der Waals surface area (Å²) in [6.45, 7) is 65.8. The van der Waals surface area contributed by atoms with E-state index < -0.39 is 55.3 Å². The van der Waals surface area contributed by atoms with Crippen LogP contribution in [-0.4, -0.2) is 164 Å². The van der Waals surface area contributed by atoms with Crippen molar-refractivity contribution in [3.05, 3.63) is 152 Å². The molecule has 2 atom stereocenters. The molecule has 6 rings (SSSR count). The average Bonchev–Trinajstić information content (AvgIpc) is 0.801. The van der Waals surface area contributed by atoms with Gasteiger partial charge in [-0.2, -0.15) is 0 Å². The summed E-state index contributed by atoms with van der Waals surface area (Å²) in [6, 6.07) is 30.4. The first-order chi connectivity index (χ1) is 59.6. The standard InChI is InChI=1S/C32H48ClNO7Si.C17H26BrClO3Si.C17H27ClO3Si.C15H23NO4.C9H9ClO2.C8H19BrOSi/c1-22(35)30(27-14-13-23(33)18-28(27)39-16-17-40-42(9,10)32(5,6)7)34-24-19-25(37-8)21-26(20-24)38-15-11-12-29(36)41-31(2,3)4;1-12(20)16(18)14-8-7-13(19)11-15(14)21-9-10-22-23(5,6)17(2,3)4;1-13(19)11-14-7-8-15(18)12-16(14)20-9-10-21-22(5,6)17(2,3)4;1-15(2,3)20-14(17)6-5-7-19-13-9-11(16)8-12(10-13)18-4;1-6(11)4-7-2-3-8(10)5-9(7)12;1-8(2,3)11(4,5)10-7-6-9/h13-14,18-21,30,34H,11-12,15-17H2,1-10H3;7-8,11,16H,9-10H2,1-6H3;7-8,12H,9-11H2,1-6H3;8-10H,5-7,16H2,1-4H3;2-3,5,12H,4H2,1H3;6-7H2,1-5H3. The average molecular weight is 2090 g/mol. The Morgan fingerprint density at radius 3 is 1.11 bits per heavy atom. The first-order valence-electron chi connectivity index (χ1n) is 43.7. The van der Waals surface area contributed by atoms with E-state index in [9.17, 15) is 33.9 Å². The number of esters is 2. The second kappa shape index (κ2) is 56.3. The normalized spacial score (nSPS) is 12.4. The van der Waals surface area contributed by atoms with Crippen LogP contribution in [-0.2, 0) is 68.8 Å². The second-order valence-corrected chi connectivity index (χ2v) is 62.1. The Balaban J connectivity index is 0.000000829. The summed E-state index contributed by atoms with van der Waals surface area (Å²) in [5.41, 5.74) is 8.88. The molecule has 32 heteroatoms. The van der Waals surface area contributed by atoms with Gasteiger partial charge in [0, 0.05) is 128 Å². The van der Waals surface area contributed by atoms with E-state index in [1.54, 1.807) is 119 Å². The molecule has 0 radical (unpaired) electrons. The summed E-state index contributed by atoms with van der Waals surface area (Å²) in [6.07, 6.45) is 2.27. The fraction of sp³-hybridized carbons (Fsp3) is 0.571. The van der Waals surface area contributed by atoms with Gasteiger partial charge in [0.15, 0.2) is 39.1 Å². The lowest BCUT2D eigenvalue weighted by molar-refractivity contribution is -0.156. The smallest absolute Gasteiger partial charge is 0.306 e. The lowest BCUT2D eigenvalue weighted by Gasteiger charge is -2.36. The second-order valence-electron chi connectivity index (χ2n) is 39.4. The number of hydrogen-bond acceptors (Lipinski definition) is 22. The highest BCUT2D eigenvalue weighted by atomic mass is 79.9. The molecule has 0 heterocycles. The molecule has 0 spiro atoms. The first kappa shape index (κ1) is 122. The molecule has 732 valence electrons. The monoisotopic (exact) mass is 2090 g/mol. The number of nitrogens with one attached hydrogen (secondary N) is 1. The number of phenolic OH excluding ortho intramolecular Hbond substituents is 1. The summed E-state index contributed by atoms with van der Waals surface area (Å²) in [5, 5.41) is 16.5. The number of alkyl halides is 2. The third-order valence-electron chi connectivity index (χ3n) is 21.4. The Bertz CT molecular complexity index is 4520. The summed E-state index contributed by atoms with van der Waals surface area (Å²) >= 11 is 30.7. The van der Waals surface area contributed by atoms with E-state index in [2.05, 4.69) is 173 Å². The van der Waals surface area contributed by atoms with Gasteiger partial charge in [-0.1, -0.05) is 186 Å². The lowest BCUT2D eigenvalue weighted by Crippen LogP contribution is -2.41. The van der Waals surface area contributed by atoms with E-state index in [0.717, 1.165) is 23.1 Å². The lowest BCUT2D eigenvalue weighted by atomic mass is 10.0. The predicted octanol–water partition coefficient (Wildman–Crippen LogP) is 27.0. The van der Waals surface area contributed by atoms with Crippen LogP contribution in [0.5, 0.6) is 46.0 Å². The maximum atomic E-state index is 12.9. The Labute approximate surface area is 818 Å². The third-order valence-corrected chi connectivity index (χ3v) is 42.0. The fourth-order valence-electron chi connectivity index (χ4n) is 10.3. The maximum absolute atomic E-state index is 12.9. The third kappa shape index (κ3) is 48.8. The van der Waals surface area contributed by atoms with Gasteiger partial charge in [0.25, 0.3) is 0 Å². The van der Waals surface area contributed by atoms with Crippen LogP contribution in [0.15, 0.2) is 109 Å². The Hall–Kier alpha value is -6.23. The number of phenols is 1. The minimum Gasteiger partial charge on any atom is -0.508 e. The van der Waals surface area contributed by atoms with Crippen molar-refractivity contribution < 1.29 is 94.2 Å². The van der Waals surface area contributed by atoms with Crippen LogP contribution < -0.4 is 44.2 Å². The Kier molecular flexibility index (Phi) is 52.8. The number of carbonyl (C=O) groups is 6. The van der Waals surface area contributed by atoms with Crippen LogP contribution in [0.3, 0.4) is 0 Å². The number of rotatable bonds is 40. The van der Waals surface area contributed by atoms with Gasteiger partial charge in [0.2, 0.25) is 0 Å². The molecule has 0 amide bonds. The van der Waals surface area contributed by atoms with Gasteiger partial charge >= 0.3 is 11.9 Å². The highest BCUT2D eigenvalue weighted by Gasteiger charge is 2.40. The minimum atomic E-state index is -1.92. The molecule has 0 fully saturated rings. The van der Waals surface area contributed by atoms with Crippen LogP contribution in [0.1, 0.15) is 211 Å². The molecule has 2 unspecified atom stereocenters. The summed E-state index contributed by atoms with van der Waals surface area (Å²) in [7, 11) is -3.78. The van der Waals surface area contributed by atoms with Gasteiger partial charge in [-0.05, 0) is 203 Å². The number of hydrogen-bond donors (Lipinski definition) is 3. The number of Topliss-reactive ketones (excluding diaryl/α,β-unsaturated/α-hetero) is 4. The molecule has 130 heavy (non-hydrogen) atoms. The number of nitrogens with two attached hydrogens (primary N) is 1. The largest absolute Gasteiger partial charge is 0.508 e. The van der Waals surface area contributed by atoms with Gasteiger partial charge in [0.05, 0.1) is 47.3 Å². The maximum Gasteiger partial charge on any atom is 0.306 e. The Morgan fingerprint density at radius 2 is 0.738 bits per heavy atom. The van der Waals surface area contributed by atoms with Crippen molar-refractivity contribution in [2.24, 2.45) is 0 Å². The molecule has 4 N–H and O–H groups in total. The van der Waals surface area contributed by atoms with Crippen LogP contribution in [0, 0.1) is 0 Å². The van der Waals surface area contributed by atoms with E-state index in [0.29, 0.717) is 166 Å². The van der Waals surface area contributed by atoms with E-state index in [1.807, 2.05) is 53.7 Å². The molecular weight excluding hydrogens is 1940 g/mol. The SMILES string of the molecule is CC(=O)C(Br)c1ccc(Cl)cc1OCCO[Si](C)(C)C(C)(C)C.CC(=O)Cc1ccc(Cl)cc1O.CC(=O)Cc1ccc(Cl)cc1OCCO[Si](C)(C)C(C)(C)C.CC(C)(C)[Si](C)(C)OCCBr.COc1cc(N)cc(OCCCC(=O)OC(C)(C)C)c1.COc1cc(NC(C(C)=O)c2ccc(Cl)cc2OCCO[Si](C)(C)C(C)(C)C)cc(OCCCC(=O)OC(C)(C)C)c1. The Morgan fingerprint density at radius 1 is 0.408 bits per heavy atom. The minimum absolute atomic E-state index is 0.0209. The van der Waals surface area contributed by atoms with Crippen molar-refractivity contribution in [2.75, 3.05) is 90.1 Å². The number of aromatic hydroxyl groups is 1. The number of benzene rings is 6. The van der Waals surface area contributed by atoms with Crippen molar-refractivity contribution in [1.82, 2.24) is 0 Å². The molecule has 0 bridgehead atoms. The quantitative estimate of drug-likeness (QED) is 0.0106. The zero-order chi connectivity index (χ0) is 100.0. The zero-order valence-corrected chi connectivity index (χ0v) is 93.6. The van der Waals surface area contributed by atoms with E-state index in [1.165, 1.54) is 19.9 Å². The summed E-state index contributed by atoms with van der Waals surface area (Å²) in [4.78, 5) is 69.6. The van der Waals surface area contributed by atoms with Crippen molar-refractivity contribution >= 4 is 158 Å². The van der Waals surface area contributed by atoms with Gasteiger partial charge in [-0.15, -0.1) is 0 Å². The number of nitrogen functional groups attached to an aromatic ring is 1. The van der Waals surface area contributed by atoms with Crippen molar-refractivity contribution in [3.8, 4) is 46.0 Å². The van der Waals surface area contributed by atoms with Crippen LogP contribution >= 0.6 is 78.3 Å². The van der Waals surface area contributed by atoms with Crippen molar-refractivity contribution in [3.63, 3.8) is 0 Å². The number of methoxy groups -OCH3 is 2. The molecule has 0 aliphatic carbocycles. The van der Waals surface area contributed by atoms with Crippen LogP contribution in [0.2, 0.25) is 92.6 Å². The molecule has 0 saturated carbocycles.